The van der Waals surface area contributed by atoms with Gasteiger partial charge in [-0.15, -0.1) is 0 Å². The molecular formula is C22H23FN4OS. The fourth-order valence-corrected chi connectivity index (χ4v) is 4.21. The molecule has 3 aromatic rings. The van der Waals surface area contributed by atoms with Gasteiger partial charge in [-0.3, -0.25) is 4.79 Å². The molecule has 1 fully saturated rings. The van der Waals surface area contributed by atoms with Crippen LogP contribution in [0, 0.1) is 5.82 Å². The van der Waals surface area contributed by atoms with Crippen LogP contribution >= 0.6 is 11.5 Å². The minimum Gasteiger partial charge on any atom is -0.345 e. The summed E-state index contributed by atoms with van der Waals surface area (Å²) in [6.45, 7) is 3.00. The molecule has 2 heterocycles. The lowest BCUT2D eigenvalue weighted by atomic mass is 10.1. The van der Waals surface area contributed by atoms with Crippen LogP contribution in [-0.4, -0.2) is 46.3 Å². The molecule has 2 aromatic carbocycles. The van der Waals surface area contributed by atoms with E-state index in [1.54, 1.807) is 12.1 Å². The Bertz CT molecular complexity index is 945. The Morgan fingerprint density at radius 1 is 0.966 bits per heavy atom. The van der Waals surface area contributed by atoms with Crippen LogP contribution in [0.2, 0.25) is 0 Å². The van der Waals surface area contributed by atoms with E-state index in [1.807, 2.05) is 23.1 Å². The molecule has 0 atom stereocenters. The number of anilines is 1. The molecule has 1 aliphatic heterocycles. The zero-order chi connectivity index (χ0) is 20.1. The SMILES string of the molecule is O=C(Cc1ccc(F)cc1)N1CCCN(c2nc(Cc3ccccc3)ns2)CC1. The molecule has 7 heteroatoms. The van der Waals surface area contributed by atoms with Gasteiger partial charge < -0.3 is 9.80 Å². The van der Waals surface area contributed by atoms with Gasteiger partial charge in [-0.05, 0) is 29.7 Å². The van der Waals surface area contributed by atoms with Gasteiger partial charge in [0.25, 0.3) is 0 Å². The maximum atomic E-state index is 13.0. The summed E-state index contributed by atoms with van der Waals surface area (Å²) in [5.74, 6) is 0.639. The number of carbonyl (C=O) groups excluding carboxylic acids is 1. The predicted octanol–water partition coefficient (Wildman–Crippen LogP) is 3.55. The summed E-state index contributed by atoms with van der Waals surface area (Å²) in [5.41, 5.74) is 2.04. The van der Waals surface area contributed by atoms with Gasteiger partial charge >= 0.3 is 0 Å². The van der Waals surface area contributed by atoms with Crippen LogP contribution in [-0.2, 0) is 17.6 Å². The zero-order valence-corrected chi connectivity index (χ0v) is 16.9. The molecule has 29 heavy (non-hydrogen) atoms. The minimum atomic E-state index is -0.282. The number of halogens is 1. The fraction of sp³-hybridized carbons (Fsp3) is 0.318. The summed E-state index contributed by atoms with van der Waals surface area (Å²) >= 11 is 1.42. The standard InChI is InChI=1S/C22H23FN4OS/c23-19-9-7-18(8-10-19)16-21(28)26-11-4-12-27(14-13-26)22-24-20(25-29-22)15-17-5-2-1-3-6-17/h1-3,5-10H,4,11-16H2. The number of amides is 1. The number of hydrogen-bond donors (Lipinski definition) is 0. The third-order valence-electron chi connectivity index (χ3n) is 5.05. The monoisotopic (exact) mass is 410 g/mol. The van der Waals surface area contributed by atoms with E-state index >= 15 is 0 Å². The Morgan fingerprint density at radius 2 is 1.76 bits per heavy atom. The van der Waals surface area contributed by atoms with E-state index < -0.39 is 0 Å². The van der Waals surface area contributed by atoms with Crippen LogP contribution in [0.3, 0.4) is 0 Å². The average molecular weight is 411 g/mol. The van der Waals surface area contributed by atoms with Crippen LogP contribution in [0.25, 0.3) is 0 Å². The van der Waals surface area contributed by atoms with Crippen molar-refractivity contribution in [1.29, 1.82) is 0 Å². The maximum absolute atomic E-state index is 13.0. The largest absolute Gasteiger partial charge is 0.345 e. The molecule has 1 saturated heterocycles. The summed E-state index contributed by atoms with van der Waals surface area (Å²) in [7, 11) is 0. The van der Waals surface area contributed by atoms with Gasteiger partial charge in [0.15, 0.2) is 0 Å². The Morgan fingerprint density at radius 3 is 2.55 bits per heavy atom. The molecule has 0 bridgehead atoms. The van der Waals surface area contributed by atoms with E-state index in [1.165, 1.54) is 29.2 Å². The van der Waals surface area contributed by atoms with Gasteiger partial charge in [-0.2, -0.15) is 4.37 Å². The lowest BCUT2D eigenvalue weighted by Gasteiger charge is -2.21. The molecule has 150 valence electrons. The first-order chi connectivity index (χ1) is 14.2. The molecule has 0 spiro atoms. The van der Waals surface area contributed by atoms with Crippen molar-refractivity contribution in [1.82, 2.24) is 14.3 Å². The minimum absolute atomic E-state index is 0.0838. The van der Waals surface area contributed by atoms with Crippen LogP contribution in [0.4, 0.5) is 9.52 Å². The van der Waals surface area contributed by atoms with Gasteiger partial charge in [0.2, 0.25) is 11.0 Å². The second-order valence-electron chi connectivity index (χ2n) is 7.18. The Kier molecular flexibility index (Phi) is 6.14. The van der Waals surface area contributed by atoms with Crippen molar-refractivity contribution in [2.24, 2.45) is 0 Å². The fourth-order valence-electron chi connectivity index (χ4n) is 3.47. The second-order valence-corrected chi connectivity index (χ2v) is 7.91. The number of carbonyl (C=O) groups is 1. The number of benzene rings is 2. The first kappa shape index (κ1) is 19.5. The third kappa shape index (κ3) is 5.17. The number of hydrogen-bond acceptors (Lipinski definition) is 5. The van der Waals surface area contributed by atoms with Crippen molar-refractivity contribution in [3.8, 4) is 0 Å². The van der Waals surface area contributed by atoms with Gasteiger partial charge in [-0.1, -0.05) is 42.5 Å². The van der Waals surface area contributed by atoms with Crippen molar-refractivity contribution in [3.63, 3.8) is 0 Å². The lowest BCUT2D eigenvalue weighted by molar-refractivity contribution is -0.130. The predicted molar refractivity (Wildman–Crippen MR) is 113 cm³/mol. The summed E-state index contributed by atoms with van der Waals surface area (Å²) in [6.07, 6.45) is 1.93. The lowest BCUT2D eigenvalue weighted by Crippen LogP contribution is -2.36. The Hall–Kier alpha value is -2.80. The van der Waals surface area contributed by atoms with Crippen LogP contribution in [0.5, 0.6) is 0 Å². The van der Waals surface area contributed by atoms with E-state index in [-0.39, 0.29) is 11.7 Å². The quantitative estimate of drug-likeness (QED) is 0.646. The van der Waals surface area contributed by atoms with Gasteiger partial charge in [0.1, 0.15) is 11.6 Å². The maximum Gasteiger partial charge on any atom is 0.227 e. The molecular weight excluding hydrogens is 387 g/mol. The normalized spacial score (nSPS) is 14.7. The molecule has 0 radical (unpaired) electrons. The first-order valence-corrected chi connectivity index (χ1v) is 10.6. The molecule has 1 amide bonds. The van der Waals surface area contributed by atoms with Gasteiger partial charge in [0.05, 0.1) is 6.42 Å². The van der Waals surface area contributed by atoms with Crippen LogP contribution in [0.1, 0.15) is 23.4 Å². The van der Waals surface area contributed by atoms with E-state index in [2.05, 4.69) is 21.4 Å². The Balaban J connectivity index is 1.34. The van der Waals surface area contributed by atoms with E-state index in [9.17, 15) is 9.18 Å². The van der Waals surface area contributed by atoms with E-state index in [0.717, 1.165) is 49.0 Å². The van der Waals surface area contributed by atoms with E-state index in [0.29, 0.717) is 13.0 Å². The van der Waals surface area contributed by atoms with Crippen LogP contribution in [0.15, 0.2) is 54.6 Å². The van der Waals surface area contributed by atoms with Crippen molar-refractivity contribution in [3.05, 3.63) is 77.4 Å². The number of rotatable bonds is 5. The smallest absolute Gasteiger partial charge is 0.227 e. The van der Waals surface area contributed by atoms with Crippen molar-refractivity contribution in [2.45, 2.75) is 19.3 Å². The molecule has 4 rings (SSSR count). The Labute approximate surface area is 174 Å². The highest BCUT2D eigenvalue weighted by Gasteiger charge is 2.21. The van der Waals surface area contributed by atoms with Gasteiger partial charge in [-0.25, -0.2) is 9.37 Å². The molecule has 1 aromatic heterocycles. The highest BCUT2D eigenvalue weighted by Crippen LogP contribution is 2.21. The summed E-state index contributed by atoms with van der Waals surface area (Å²) < 4.78 is 17.6. The van der Waals surface area contributed by atoms with E-state index in [4.69, 9.17) is 4.98 Å². The highest BCUT2D eigenvalue weighted by molar-refractivity contribution is 7.09. The second kappa shape index (κ2) is 9.13. The van der Waals surface area contributed by atoms with Crippen LogP contribution < -0.4 is 4.90 Å². The topological polar surface area (TPSA) is 49.3 Å². The molecule has 0 saturated carbocycles. The van der Waals surface area contributed by atoms with Crippen molar-refractivity contribution >= 4 is 22.6 Å². The average Bonchev–Trinajstić information content (AvgIpc) is 3.05. The number of aromatic nitrogens is 2. The zero-order valence-electron chi connectivity index (χ0n) is 16.1. The van der Waals surface area contributed by atoms with Crippen molar-refractivity contribution in [2.75, 3.05) is 31.1 Å². The molecule has 0 N–H and O–H groups in total. The highest BCUT2D eigenvalue weighted by atomic mass is 32.1. The summed E-state index contributed by atoms with van der Waals surface area (Å²) in [4.78, 5) is 21.5. The van der Waals surface area contributed by atoms with Gasteiger partial charge in [0, 0.05) is 44.1 Å². The molecule has 0 aliphatic carbocycles. The van der Waals surface area contributed by atoms with Crippen molar-refractivity contribution < 1.29 is 9.18 Å². The molecule has 0 unspecified atom stereocenters. The summed E-state index contributed by atoms with van der Waals surface area (Å²) in [5, 5.41) is 0.920. The summed E-state index contributed by atoms with van der Waals surface area (Å²) in [6, 6.07) is 16.4. The molecule has 5 nitrogen and oxygen atoms in total. The third-order valence-corrected chi connectivity index (χ3v) is 5.86. The number of nitrogens with zero attached hydrogens (tertiary/aromatic N) is 4. The first-order valence-electron chi connectivity index (χ1n) is 9.81. The molecule has 1 aliphatic rings.